The molecule has 0 saturated heterocycles. The average molecular weight is 177 g/mol. The summed E-state index contributed by atoms with van der Waals surface area (Å²) in [7, 11) is 0. The van der Waals surface area contributed by atoms with Gasteiger partial charge in [-0.25, -0.2) is 0 Å². The van der Waals surface area contributed by atoms with Crippen LogP contribution in [-0.2, 0) is 6.42 Å². The molecule has 2 rings (SSSR count). The molecule has 68 valence electrons. The molecule has 3 heteroatoms. The van der Waals surface area contributed by atoms with Crippen molar-refractivity contribution in [3.63, 3.8) is 0 Å². The maximum atomic E-state index is 9.27. The van der Waals surface area contributed by atoms with E-state index < -0.39 is 0 Å². The average Bonchev–Trinajstić information content (AvgIpc) is 2.31. The number of aryl methyl sites for hydroxylation is 1. The molecule has 0 saturated carbocycles. The highest BCUT2D eigenvalue weighted by atomic mass is 16.3. The number of fused-ring (bicyclic) bond motifs is 1. The van der Waals surface area contributed by atoms with E-state index in [-0.39, 0.29) is 11.5 Å². The van der Waals surface area contributed by atoms with Crippen molar-refractivity contribution in [1.82, 2.24) is 0 Å². The van der Waals surface area contributed by atoms with Crippen LogP contribution in [0.1, 0.15) is 17.5 Å². The molecule has 0 fully saturated rings. The number of aromatic hydroxyl groups is 2. The van der Waals surface area contributed by atoms with Crippen molar-refractivity contribution in [2.24, 2.45) is 4.99 Å². The van der Waals surface area contributed by atoms with Crippen LogP contribution in [0.25, 0.3) is 0 Å². The number of rotatable bonds is 0. The summed E-state index contributed by atoms with van der Waals surface area (Å²) in [6.45, 7) is 0.816. The summed E-state index contributed by atoms with van der Waals surface area (Å²) >= 11 is 0. The van der Waals surface area contributed by atoms with Crippen LogP contribution < -0.4 is 0 Å². The lowest BCUT2D eigenvalue weighted by molar-refractivity contribution is 0.403. The Morgan fingerprint density at radius 1 is 1.15 bits per heavy atom. The van der Waals surface area contributed by atoms with Gasteiger partial charge in [-0.3, -0.25) is 4.99 Å². The minimum Gasteiger partial charge on any atom is -0.504 e. The van der Waals surface area contributed by atoms with Crippen LogP contribution in [-0.4, -0.2) is 23.0 Å². The van der Waals surface area contributed by atoms with Crippen LogP contribution in [0.2, 0.25) is 0 Å². The fourth-order valence-corrected chi connectivity index (χ4v) is 1.50. The summed E-state index contributed by atoms with van der Waals surface area (Å²) < 4.78 is 0. The monoisotopic (exact) mass is 177 g/mol. The molecule has 1 heterocycles. The first-order chi connectivity index (χ1) is 6.27. The van der Waals surface area contributed by atoms with Crippen LogP contribution in [0.3, 0.4) is 0 Å². The number of phenols is 2. The van der Waals surface area contributed by atoms with Gasteiger partial charge in [-0.05, 0) is 36.1 Å². The first-order valence-electron chi connectivity index (χ1n) is 4.32. The van der Waals surface area contributed by atoms with E-state index >= 15 is 0 Å². The minimum absolute atomic E-state index is 0.0472. The van der Waals surface area contributed by atoms with Crippen LogP contribution in [0.5, 0.6) is 11.5 Å². The maximum absolute atomic E-state index is 9.27. The number of phenolic OH excluding ortho intramolecular Hbond substituents is 2. The Bertz CT molecular complexity index is 358. The molecule has 2 N–H and O–H groups in total. The molecule has 0 amide bonds. The van der Waals surface area contributed by atoms with Crippen LogP contribution >= 0.6 is 0 Å². The SMILES string of the molecule is Oc1cc2c(cc1O)CCCN=C2. The van der Waals surface area contributed by atoms with Crippen molar-refractivity contribution >= 4 is 6.21 Å². The number of hydrogen-bond donors (Lipinski definition) is 2. The lowest BCUT2D eigenvalue weighted by atomic mass is 10.0. The molecule has 13 heavy (non-hydrogen) atoms. The Balaban J connectivity index is 2.52. The van der Waals surface area contributed by atoms with Gasteiger partial charge in [0.1, 0.15) is 0 Å². The molecular weight excluding hydrogens is 166 g/mol. The highest BCUT2D eigenvalue weighted by molar-refractivity contribution is 5.83. The highest BCUT2D eigenvalue weighted by Gasteiger charge is 2.08. The first kappa shape index (κ1) is 8.10. The van der Waals surface area contributed by atoms with Gasteiger partial charge in [0.2, 0.25) is 0 Å². The standard InChI is InChI=1S/C10H11NO2/c12-9-4-7-2-1-3-11-6-8(7)5-10(9)13/h4-6,12-13H,1-3H2. The lowest BCUT2D eigenvalue weighted by Gasteiger charge is -2.04. The zero-order valence-corrected chi connectivity index (χ0v) is 7.20. The second-order valence-corrected chi connectivity index (χ2v) is 3.18. The molecule has 0 aliphatic carbocycles. The first-order valence-corrected chi connectivity index (χ1v) is 4.32. The fraction of sp³-hybridized carbons (Fsp3) is 0.300. The van der Waals surface area contributed by atoms with Gasteiger partial charge in [0.05, 0.1) is 0 Å². The summed E-state index contributed by atoms with van der Waals surface area (Å²) in [5.74, 6) is -0.124. The topological polar surface area (TPSA) is 52.8 Å². The van der Waals surface area contributed by atoms with Crippen LogP contribution in [0.15, 0.2) is 17.1 Å². The van der Waals surface area contributed by atoms with Gasteiger partial charge in [-0.2, -0.15) is 0 Å². The third-order valence-corrected chi connectivity index (χ3v) is 2.20. The van der Waals surface area contributed by atoms with E-state index in [2.05, 4.69) is 4.99 Å². The molecule has 1 aliphatic heterocycles. The van der Waals surface area contributed by atoms with Crippen molar-refractivity contribution in [2.45, 2.75) is 12.8 Å². The highest BCUT2D eigenvalue weighted by Crippen LogP contribution is 2.28. The van der Waals surface area contributed by atoms with E-state index in [0.29, 0.717) is 0 Å². The van der Waals surface area contributed by atoms with E-state index in [1.807, 2.05) is 0 Å². The van der Waals surface area contributed by atoms with E-state index in [0.717, 1.165) is 30.5 Å². The van der Waals surface area contributed by atoms with Gasteiger partial charge in [-0.1, -0.05) is 0 Å². The molecule has 1 aromatic carbocycles. The molecule has 0 unspecified atom stereocenters. The quantitative estimate of drug-likeness (QED) is 0.589. The zero-order valence-electron chi connectivity index (χ0n) is 7.20. The Labute approximate surface area is 76.4 Å². The normalized spacial score (nSPS) is 15.1. The van der Waals surface area contributed by atoms with Crippen molar-refractivity contribution in [3.05, 3.63) is 23.3 Å². The van der Waals surface area contributed by atoms with Crippen molar-refractivity contribution in [2.75, 3.05) is 6.54 Å². The van der Waals surface area contributed by atoms with Gasteiger partial charge in [0.15, 0.2) is 11.5 Å². The molecule has 0 aromatic heterocycles. The smallest absolute Gasteiger partial charge is 0.158 e. The summed E-state index contributed by atoms with van der Waals surface area (Å²) in [5.41, 5.74) is 1.96. The largest absolute Gasteiger partial charge is 0.504 e. The van der Waals surface area contributed by atoms with Gasteiger partial charge in [-0.15, -0.1) is 0 Å². The molecule has 0 bridgehead atoms. The van der Waals surface area contributed by atoms with Gasteiger partial charge < -0.3 is 10.2 Å². The summed E-state index contributed by atoms with van der Waals surface area (Å²) in [5, 5.41) is 18.5. The third kappa shape index (κ3) is 1.49. The second kappa shape index (κ2) is 3.09. The van der Waals surface area contributed by atoms with Crippen molar-refractivity contribution in [1.29, 1.82) is 0 Å². The van der Waals surface area contributed by atoms with Crippen molar-refractivity contribution < 1.29 is 10.2 Å². The predicted molar refractivity (Wildman–Crippen MR) is 50.6 cm³/mol. The number of aliphatic imine (C=N–C) groups is 1. The summed E-state index contributed by atoms with van der Waals surface area (Å²) in [6.07, 6.45) is 3.65. The number of hydrogen-bond acceptors (Lipinski definition) is 3. The number of benzene rings is 1. The fourth-order valence-electron chi connectivity index (χ4n) is 1.50. The molecule has 0 atom stereocenters. The van der Waals surface area contributed by atoms with Crippen LogP contribution in [0.4, 0.5) is 0 Å². The number of nitrogens with zero attached hydrogens (tertiary/aromatic N) is 1. The van der Waals surface area contributed by atoms with Crippen LogP contribution in [0, 0.1) is 0 Å². The zero-order chi connectivity index (χ0) is 9.26. The third-order valence-electron chi connectivity index (χ3n) is 2.20. The van der Waals surface area contributed by atoms with E-state index in [9.17, 15) is 10.2 Å². The Morgan fingerprint density at radius 3 is 2.77 bits per heavy atom. The molecule has 1 aliphatic rings. The minimum atomic E-state index is -0.0768. The Kier molecular flexibility index (Phi) is 1.93. The van der Waals surface area contributed by atoms with Crippen molar-refractivity contribution in [3.8, 4) is 11.5 Å². The van der Waals surface area contributed by atoms with E-state index in [1.54, 1.807) is 18.3 Å². The van der Waals surface area contributed by atoms with E-state index in [4.69, 9.17) is 0 Å². The van der Waals surface area contributed by atoms with Gasteiger partial charge >= 0.3 is 0 Å². The summed E-state index contributed by atoms with van der Waals surface area (Å²) in [4.78, 5) is 4.17. The molecule has 1 aromatic rings. The van der Waals surface area contributed by atoms with E-state index in [1.165, 1.54) is 0 Å². The lowest BCUT2D eigenvalue weighted by Crippen LogP contribution is -1.90. The molecule has 3 nitrogen and oxygen atoms in total. The Morgan fingerprint density at radius 2 is 1.92 bits per heavy atom. The second-order valence-electron chi connectivity index (χ2n) is 3.18. The van der Waals surface area contributed by atoms with Gasteiger partial charge in [0, 0.05) is 12.8 Å². The maximum Gasteiger partial charge on any atom is 0.158 e. The molecule has 0 radical (unpaired) electrons. The van der Waals surface area contributed by atoms with Gasteiger partial charge in [0.25, 0.3) is 0 Å². The summed E-state index contributed by atoms with van der Waals surface area (Å²) in [6, 6.07) is 3.17. The Hall–Kier alpha value is -1.51. The molecular formula is C10H11NO2. The predicted octanol–water partition coefficient (Wildman–Crippen LogP) is 1.46. The molecule has 0 spiro atoms.